The van der Waals surface area contributed by atoms with Crippen LogP contribution in [0.4, 0.5) is 0 Å². The van der Waals surface area contributed by atoms with Crippen LogP contribution in [0, 0.1) is 54.8 Å². The van der Waals surface area contributed by atoms with E-state index in [0.717, 1.165) is 56.2 Å². The predicted molar refractivity (Wildman–Crippen MR) is 155 cm³/mol. The summed E-state index contributed by atoms with van der Waals surface area (Å²) in [7, 11) is 0. The highest BCUT2D eigenvalue weighted by Crippen LogP contribution is 2.37. The summed E-state index contributed by atoms with van der Waals surface area (Å²) in [6, 6.07) is 24.9. The molecule has 2 aromatic carbocycles. The van der Waals surface area contributed by atoms with Crippen LogP contribution in [0.5, 0.6) is 0 Å². The van der Waals surface area contributed by atoms with Crippen molar-refractivity contribution in [1.82, 2.24) is 33.8 Å². The number of aromatic nitrogens is 7. The SMILES string of the molecule is Cc1nn2c(c1-c1ccc(C#N)cc1)n1nc(C)c(-c3ccc(C#N)cc3)c1n1nc(C)c(-c3ccc(C#N)cn3)c21. The first-order valence-electron chi connectivity index (χ1n) is 13.1. The molecule has 42 heavy (non-hydrogen) atoms. The third kappa shape index (κ3) is 3.48. The Morgan fingerprint density at radius 3 is 1.26 bits per heavy atom. The van der Waals surface area contributed by atoms with Crippen LogP contribution < -0.4 is 0 Å². The minimum Gasteiger partial charge on any atom is -0.255 e. The van der Waals surface area contributed by atoms with Gasteiger partial charge >= 0.3 is 0 Å². The third-order valence-corrected chi connectivity index (χ3v) is 7.46. The molecule has 10 heteroatoms. The molecular formula is C32H20N10. The lowest BCUT2D eigenvalue weighted by Crippen LogP contribution is -2.06. The molecule has 5 aromatic heterocycles. The van der Waals surface area contributed by atoms with Crippen LogP contribution >= 0.6 is 0 Å². The van der Waals surface area contributed by atoms with Gasteiger partial charge in [-0.15, -0.1) is 0 Å². The van der Waals surface area contributed by atoms with E-state index in [1.54, 1.807) is 36.5 Å². The molecule has 0 saturated carbocycles. The summed E-state index contributed by atoms with van der Waals surface area (Å²) in [6.45, 7) is 5.82. The molecule has 0 unspecified atom stereocenters. The lowest BCUT2D eigenvalue weighted by molar-refractivity contribution is 0.815. The molecule has 0 atom stereocenters. The molecule has 0 aliphatic carbocycles. The van der Waals surface area contributed by atoms with Gasteiger partial charge in [0.25, 0.3) is 0 Å². The second-order valence-corrected chi connectivity index (χ2v) is 10.0. The number of pyridine rings is 1. The summed E-state index contributed by atoms with van der Waals surface area (Å²) >= 11 is 0. The van der Waals surface area contributed by atoms with Crippen LogP contribution in [0.25, 0.3) is 50.5 Å². The summed E-state index contributed by atoms with van der Waals surface area (Å²) < 4.78 is 5.56. The highest BCUT2D eigenvalue weighted by atomic mass is 15.4. The fraction of sp³-hybridized carbons (Fsp3) is 0.0938. The minimum absolute atomic E-state index is 0.466. The quantitative estimate of drug-likeness (QED) is 0.284. The van der Waals surface area contributed by atoms with Gasteiger partial charge in [-0.05, 0) is 68.3 Å². The van der Waals surface area contributed by atoms with Crippen molar-refractivity contribution >= 4 is 16.9 Å². The van der Waals surface area contributed by atoms with E-state index in [9.17, 15) is 15.8 Å². The van der Waals surface area contributed by atoms with Crippen LogP contribution in [0.1, 0.15) is 33.8 Å². The standard InChI is InChI=1S/C32H20N10/c1-18-27(24-9-4-21(14-33)5-10-24)31-40(37-18)30-28(25-11-6-22(15-34)7-12-25)19(2)38-41(30)32-29(20(3)39-42(31)32)26-13-8-23(16-35)17-36-26/h4-13,17H,1-3H3. The van der Waals surface area contributed by atoms with Crippen molar-refractivity contribution in [3.05, 3.63) is 101 Å². The second-order valence-electron chi connectivity index (χ2n) is 10.0. The van der Waals surface area contributed by atoms with Crippen molar-refractivity contribution in [1.29, 1.82) is 15.8 Å². The molecule has 7 rings (SSSR count). The molecular weight excluding hydrogens is 524 g/mol. The maximum Gasteiger partial charge on any atom is 0.171 e. The van der Waals surface area contributed by atoms with Gasteiger partial charge in [0.2, 0.25) is 0 Å². The van der Waals surface area contributed by atoms with Gasteiger partial charge in [0.05, 0.1) is 57.2 Å². The predicted octanol–water partition coefficient (Wildman–Crippen LogP) is 5.57. The Labute approximate surface area is 239 Å². The minimum atomic E-state index is 0.466. The Bertz CT molecular complexity index is 2030. The maximum atomic E-state index is 9.36. The molecule has 7 aromatic rings. The number of nitriles is 3. The Morgan fingerprint density at radius 1 is 0.500 bits per heavy atom. The van der Waals surface area contributed by atoms with Crippen LogP contribution in [-0.2, 0) is 0 Å². The molecule has 0 aliphatic heterocycles. The van der Waals surface area contributed by atoms with Gasteiger partial charge < -0.3 is 0 Å². The van der Waals surface area contributed by atoms with E-state index in [-0.39, 0.29) is 0 Å². The van der Waals surface area contributed by atoms with Crippen LogP contribution in [0.3, 0.4) is 0 Å². The zero-order valence-electron chi connectivity index (χ0n) is 22.8. The number of hydrogen-bond acceptors (Lipinski definition) is 7. The van der Waals surface area contributed by atoms with Crippen LogP contribution in [-0.4, -0.2) is 33.8 Å². The molecule has 0 amide bonds. The van der Waals surface area contributed by atoms with Gasteiger partial charge in [-0.1, -0.05) is 24.3 Å². The Kier molecular flexibility index (Phi) is 5.37. The van der Waals surface area contributed by atoms with Crippen molar-refractivity contribution in [2.24, 2.45) is 0 Å². The van der Waals surface area contributed by atoms with E-state index in [0.29, 0.717) is 28.0 Å². The number of aryl methyl sites for hydroxylation is 3. The first kappa shape index (κ1) is 24.7. The summed E-state index contributed by atoms with van der Waals surface area (Å²) in [6.07, 6.45) is 1.55. The van der Waals surface area contributed by atoms with Gasteiger partial charge in [0, 0.05) is 17.3 Å². The van der Waals surface area contributed by atoms with Gasteiger partial charge in [0.1, 0.15) is 6.07 Å². The summed E-state index contributed by atoms with van der Waals surface area (Å²) in [5, 5.41) is 43.0. The molecule has 10 nitrogen and oxygen atoms in total. The van der Waals surface area contributed by atoms with Crippen molar-refractivity contribution in [2.75, 3.05) is 0 Å². The largest absolute Gasteiger partial charge is 0.255 e. The third-order valence-electron chi connectivity index (χ3n) is 7.46. The van der Waals surface area contributed by atoms with Crippen molar-refractivity contribution in [3.63, 3.8) is 0 Å². The monoisotopic (exact) mass is 544 g/mol. The number of fused-ring (bicyclic) bond motifs is 6. The van der Waals surface area contributed by atoms with E-state index in [1.165, 1.54) is 0 Å². The Hall–Kier alpha value is -6.31. The normalized spacial score (nSPS) is 11.1. The van der Waals surface area contributed by atoms with E-state index >= 15 is 0 Å². The molecule has 0 saturated heterocycles. The first-order chi connectivity index (χ1) is 20.4. The average molecular weight is 545 g/mol. The van der Waals surface area contributed by atoms with E-state index in [2.05, 4.69) is 23.2 Å². The fourth-order valence-electron chi connectivity index (χ4n) is 5.58. The first-order valence-corrected chi connectivity index (χ1v) is 13.1. The molecule has 0 bridgehead atoms. The maximum absolute atomic E-state index is 9.36. The highest BCUT2D eigenvalue weighted by molar-refractivity contribution is 5.91. The van der Waals surface area contributed by atoms with Gasteiger partial charge in [-0.25, -0.2) is 0 Å². The van der Waals surface area contributed by atoms with Gasteiger partial charge in [-0.3, -0.25) is 4.98 Å². The smallest absolute Gasteiger partial charge is 0.171 e. The molecule has 0 N–H and O–H groups in total. The van der Waals surface area contributed by atoms with Gasteiger partial charge in [-0.2, -0.15) is 44.6 Å². The zero-order valence-corrected chi connectivity index (χ0v) is 22.8. The van der Waals surface area contributed by atoms with Crippen molar-refractivity contribution in [2.45, 2.75) is 20.8 Å². The van der Waals surface area contributed by atoms with E-state index in [1.807, 2.05) is 64.6 Å². The molecule has 0 radical (unpaired) electrons. The summed E-state index contributed by atoms with van der Waals surface area (Å²) in [5.74, 6) is 0. The molecule has 5 heterocycles. The highest BCUT2D eigenvalue weighted by Gasteiger charge is 2.27. The number of nitrogens with zero attached hydrogens (tertiary/aromatic N) is 10. The fourth-order valence-corrected chi connectivity index (χ4v) is 5.58. The number of rotatable bonds is 3. The van der Waals surface area contributed by atoms with E-state index in [4.69, 9.17) is 15.3 Å². The average Bonchev–Trinajstić information content (AvgIpc) is 3.67. The lowest BCUT2D eigenvalue weighted by atomic mass is 10.0. The Balaban J connectivity index is 1.67. The van der Waals surface area contributed by atoms with Crippen LogP contribution in [0.15, 0.2) is 66.9 Å². The molecule has 0 fully saturated rings. The number of hydrogen-bond donors (Lipinski definition) is 0. The summed E-state index contributed by atoms with van der Waals surface area (Å²) in [5.41, 5.74) is 11.1. The molecule has 0 aliphatic rings. The van der Waals surface area contributed by atoms with Crippen molar-refractivity contribution in [3.8, 4) is 51.7 Å². The molecule has 0 spiro atoms. The molecule has 198 valence electrons. The van der Waals surface area contributed by atoms with E-state index < -0.39 is 0 Å². The van der Waals surface area contributed by atoms with Gasteiger partial charge in [0.15, 0.2) is 16.9 Å². The van der Waals surface area contributed by atoms with Crippen LogP contribution in [0.2, 0.25) is 0 Å². The number of benzene rings is 2. The van der Waals surface area contributed by atoms with Crippen molar-refractivity contribution < 1.29 is 0 Å². The zero-order chi connectivity index (χ0) is 29.1. The second kappa shape index (κ2) is 9.12. The Morgan fingerprint density at radius 2 is 0.881 bits per heavy atom. The topological polar surface area (TPSA) is 136 Å². The lowest BCUT2D eigenvalue weighted by Gasteiger charge is -2.09. The summed E-state index contributed by atoms with van der Waals surface area (Å²) in [4.78, 5) is 4.60.